The Morgan fingerprint density at radius 3 is 2.68 bits per heavy atom. The van der Waals surface area contributed by atoms with Crippen molar-refractivity contribution in [3.63, 3.8) is 0 Å². The molecule has 0 spiro atoms. The first kappa shape index (κ1) is 16.0. The van der Waals surface area contributed by atoms with Gasteiger partial charge in [-0.2, -0.15) is 0 Å². The number of amides is 1. The topological polar surface area (TPSA) is 56.7 Å². The molecule has 0 saturated carbocycles. The van der Waals surface area contributed by atoms with Crippen LogP contribution in [-0.4, -0.2) is 44.0 Å². The summed E-state index contributed by atoms with van der Waals surface area (Å²) in [5, 5.41) is 6.32. The number of carbonyl (C=O) groups is 1. The Balaban J connectivity index is 2.52. The first-order valence-electron chi connectivity index (χ1n) is 5.99. The molecule has 0 aromatic carbocycles. The molecule has 7 heteroatoms. The van der Waals surface area contributed by atoms with Crippen LogP contribution in [0.25, 0.3) is 0 Å². The summed E-state index contributed by atoms with van der Waals surface area (Å²) in [5.41, 5.74) is 0. The predicted octanol–water partition coefficient (Wildman–Crippen LogP) is 1.65. The Kier molecular flexibility index (Phi) is 6.86. The van der Waals surface area contributed by atoms with E-state index >= 15 is 0 Å². The van der Waals surface area contributed by atoms with Crippen LogP contribution in [0.2, 0.25) is 0 Å². The predicted molar refractivity (Wildman–Crippen MR) is 83.5 cm³/mol. The van der Waals surface area contributed by atoms with Gasteiger partial charge in [-0.3, -0.25) is 4.79 Å². The molecule has 0 fully saturated rings. The molecule has 0 aliphatic heterocycles. The summed E-state index contributed by atoms with van der Waals surface area (Å²) in [6.45, 7) is 3.59. The standard InChI is InChI=1S/C12H19BrN4OS/c1-4-14-12(16-8-11(18)17(2)3)15-7-9-5-6-10(13)19-9/h5-6H,4,7-8H2,1-3H3,(H2,14,15,16). The summed E-state index contributed by atoms with van der Waals surface area (Å²) >= 11 is 5.10. The van der Waals surface area contributed by atoms with E-state index in [2.05, 4.69) is 37.6 Å². The fourth-order valence-corrected chi connectivity index (χ4v) is 2.67. The number of hydrogen-bond donors (Lipinski definition) is 2. The van der Waals surface area contributed by atoms with Crippen LogP contribution in [0.1, 0.15) is 11.8 Å². The van der Waals surface area contributed by atoms with Crippen LogP contribution in [0, 0.1) is 0 Å². The Morgan fingerprint density at radius 1 is 1.42 bits per heavy atom. The van der Waals surface area contributed by atoms with Crippen molar-refractivity contribution in [2.45, 2.75) is 13.5 Å². The number of guanidine groups is 1. The number of carbonyl (C=O) groups excluding carboxylic acids is 1. The van der Waals surface area contributed by atoms with Gasteiger partial charge in [-0.1, -0.05) is 0 Å². The number of thiophene rings is 1. The lowest BCUT2D eigenvalue weighted by Gasteiger charge is -2.12. The molecule has 0 aliphatic carbocycles. The summed E-state index contributed by atoms with van der Waals surface area (Å²) in [5.74, 6) is 0.637. The zero-order valence-electron chi connectivity index (χ0n) is 11.4. The first-order valence-corrected chi connectivity index (χ1v) is 7.60. The Bertz CT molecular complexity index is 445. The molecule has 19 heavy (non-hydrogen) atoms. The van der Waals surface area contributed by atoms with Crippen molar-refractivity contribution >= 4 is 39.1 Å². The van der Waals surface area contributed by atoms with Gasteiger partial charge in [0, 0.05) is 25.5 Å². The van der Waals surface area contributed by atoms with Gasteiger partial charge < -0.3 is 15.5 Å². The SMILES string of the molecule is CCNC(=NCC(=O)N(C)C)NCc1ccc(Br)s1. The van der Waals surface area contributed by atoms with Crippen molar-refractivity contribution in [1.82, 2.24) is 15.5 Å². The third kappa shape index (κ3) is 6.07. The van der Waals surface area contributed by atoms with Gasteiger partial charge >= 0.3 is 0 Å². The van der Waals surface area contributed by atoms with E-state index in [1.54, 1.807) is 25.4 Å². The van der Waals surface area contributed by atoms with Crippen LogP contribution >= 0.6 is 27.3 Å². The number of likely N-dealkylation sites (N-methyl/N-ethyl adjacent to an activating group) is 1. The van der Waals surface area contributed by atoms with Crippen LogP contribution < -0.4 is 10.6 Å². The minimum atomic E-state index is -0.0175. The molecular formula is C12H19BrN4OS. The van der Waals surface area contributed by atoms with Gasteiger partial charge in [-0.15, -0.1) is 11.3 Å². The maximum atomic E-state index is 11.5. The molecule has 0 atom stereocenters. The summed E-state index contributed by atoms with van der Waals surface area (Å²) in [6, 6.07) is 4.07. The Labute approximate surface area is 126 Å². The second-order valence-electron chi connectivity index (χ2n) is 4.04. The van der Waals surface area contributed by atoms with E-state index in [1.807, 2.05) is 13.0 Å². The zero-order valence-corrected chi connectivity index (χ0v) is 13.8. The van der Waals surface area contributed by atoms with Crippen LogP contribution in [0.15, 0.2) is 20.9 Å². The third-order valence-corrected chi connectivity index (χ3v) is 3.90. The molecule has 2 N–H and O–H groups in total. The fraction of sp³-hybridized carbons (Fsp3) is 0.500. The smallest absolute Gasteiger partial charge is 0.243 e. The quantitative estimate of drug-likeness (QED) is 0.629. The van der Waals surface area contributed by atoms with Gasteiger partial charge in [0.15, 0.2) is 5.96 Å². The molecule has 1 aromatic rings. The third-order valence-electron chi connectivity index (χ3n) is 2.27. The van der Waals surface area contributed by atoms with Crippen molar-refractivity contribution < 1.29 is 4.79 Å². The van der Waals surface area contributed by atoms with Crippen LogP contribution in [0.4, 0.5) is 0 Å². The van der Waals surface area contributed by atoms with Gasteiger partial charge in [0.2, 0.25) is 5.91 Å². The molecule has 0 aliphatic rings. The molecule has 0 unspecified atom stereocenters. The van der Waals surface area contributed by atoms with Crippen LogP contribution in [0.3, 0.4) is 0 Å². The van der Waals surface area contributed by atoms with Crippen molar-refractivity contribution in [3.05, 3.63) is 20.8 Å². The number of halogens is 1. The first-order chi connectivity index (χ1) is 9.02. The number of rotatable bonds is 5. The highest BCUT2D eigenvalue weighted by Crippen LogP contribution is 2.21. The second-order valence-corrected chi connectivity index (χ2v) is 6.59. The van der Waals surface area contributed by atoms with E-state index in [4.69, 9.17) is 0 Å². The van der Waals surface area contributed by atoms with E-state index in [0.717, 1.165) is 10.3 Å². The van der Waals surface area contributed by atoms with Gasteiger partial charge in [0.25, 0.3) is 0 Å². The molecule has 1 heterocycles. The number of aliphatic imine (C=N–C) groups is 1. The summed E-state index contributed by atoms with van der Waals surface area (Å²) in [4.78, 5) is 18.5. The number of hydrogen-bond acceptors (Lipinski definition) is 3. The number of nitrogens with zero attached hydrogens (tertiary/aromatic N) is 2. The molecule has 106 valence electrons. The molecule has 5 nitrogen and oxygen atoms in total. The van der Waals surface area contributed by atoms with Gasteiger partial charge in [-0.05, 0) is 35.0 Å². The van der Waals surface area contributed by atoms with Gasteiger partial charge in [0.1, 0.15) is 6.54 Å². The highest BCUT2D eigenvalue weighted by Gasteiger charge is 2.04. The molecule has 0 bridgehead atoms. The molecule has 0 saturated heterocycles. The van der Waals surface area contributed by atoms with E-state index in [-0.39, 0.29) is 12.5 Å². The van der Waals surface area contributed by atoms with Gasteiger partial charge in [-0.25, -0.2) is 4.99 Å². The summed E-state index contributed by atoms with van der Waals surface area (Å²) in [7, 11) is 3.45. The van der Waals surface area contributed by atoms with Gasteiger partial charge in [0.05, 0.1) is 10.3 Å². The minimum absolute atomic E-state index is 0.0175. The second kappa shape index (κ2) is 8.16. The lowest BCUT2D eigenvalue weighted by molar-refractivity contribution is -0.127. The summed E-state index contributed by atoms with van der Waals surface area (Å²) in [6.07, 6.45) is 0. The monoisotopic (exact) mass is 346 g/mol. The normalized spacial score (nSPS) is 11.3. The highest BCUT2D eigenvalue weighted by molar-refractivity contribution is 9.11. The molecule has 1 rings (SSSR count). The van der Waals surface area contributed by atoms with Crippen molar-refractivity contribution in [1.29, 1.82) is 0 Å². The zero-order chi connectivity index (χ0) is 14.3. The van der Waals surface area contributed by atoms with E-state index < -0.39 is 0 Å². The lowest BCUT2D eigenvalue weighted by Crippen LogP contribution is -2.37. The van der Waals surface area contributed by atoms with Crippen LogP contribution in [-0.2, 0) is 11.3 Å². The Morgan fingerprint density at radius 2 is 2.16 bits per heavy atom. The average Bonchev–Trinajstić information content (AvgIpc) is 2.78. The van der Waals surface area contributed by atoms with Crippen molar-refractivity contribution in [2.24, 2.45) is 4.99 Å². The molecule has 1 aromatic heterocycles. The van der Waals surface area contributed by atoms with E-state index in [1.165, 1.54) is 9.78 Å². The lowest BCUT2D eigenvalue weighted by atomic mass is 10.4. The maximum absolute atomic E-state index is 11.5. The fourth-order valence-electron chi connectivity index (χ4n) is 1.25. The van der Waals surface area contributed by atoms with E-state index in [9.17, 15) is 4.79 Å². The van der Waals surface area contributed by atoms with Crippen molar-refractivity contribution in [2.75, 3.05) is 27.2 Å². The number of nitrogens with one attached hydrogen (secondary N) is 2. The molecule has 0 radical (unpaired) electrons. The average molecular weight is 347 g/mol. The Hall–Kier alpha value is -1.08. The minimum Gasteiger partial charge on any atom is -0.357 e. The van der Waals surface area contributed by atoms with Crippen molar-refractivity contribution in [3.8, 4) is 0 Å². The summed E-state index contributed by atoms with van der Waals surface area (Å²) < 4.78 is 1.11. The van der Waals surface area contributed by atoms with E-state index in [0.29, 0.717) is 12.5 Å². The highest BCUT2D eigenvalue weighted by atomic mass is 79.9. The molecular weight excluding hydrogens is 328 g/mol. The largest absolute Gasteiger partial charge is 0.357 e. The molecule has 1 amide bonds. The van der Waals surface area contributed by atoms with Crippen LogP contribution in [0.5, 0.6) is 0 Å². The maximum Gasteiger partial charge on any atom is 0.243 e.